The van der Waals surface area contributed by atoms with Crippen molar-refractivity contribution in [1.82, 2.24) is 9.97 Å². The molecule has 0 saturated heterocycles. The first kappa shape index (κ1) is 14.2. The second-order valence-electron chi connectivity index (χ2n) is 4.42. The lowest BCUT2D eigenvalue weighted by molar-refractivity contribution is 0.683. The molecule has 0 aliphatic heterocycles. The first-order chi connectivity index (χ1) is 8.53. The smallest absolute Gasteiger partial charge is 0.222 e. The normalized spacial score (nSPS) is 11.8. The number of anilines is 3. The third-order valence-electron chi connectivity index (χ3n) is 2.56. The Kier molecular flexibility index (Phi) is 4.88. The number of hydrogen-bond acceptors (Lipinski definition) is 6. The number of nitrogens with zero attached hydrogens (tertiary/aromatic N) is 3. The molecule has 100 valence electrons. The van der Waals surface area contributed by atoms with E-state index in [1.807, 2.05) is 7.05 Å². The lowest BCUT2D eigenvalue weighted by Gasteiger charge is -2.15. The average molecular weight is 250 g/mol. The van der Waals surface area contributed by atoms with Gasteiger partial charge in [0.1, 0.15) is 11.4 Å². The molecule has 18 heavy (non-hydrogen) atoms. The molecule has 0 unspecified atom stereocenters. The van der Waals surface area contributed by atoms with Crippen LogP contribution in [0, 0.1) is 5.92 Å². The summed E-state index contributed by atoms with van der Waals surface area (Å²) in [6, 6.07) is 0. The minimum atomic E-state index is 0.248. The van der Waals surface area contributed by atoms with Gasteiger partial charge in [-0.1, -0.05) is 13.8 Å². The molecule has 0 aliphatic rings. The van der Waals surface area contributed by atoms with Gasteiger partial charge in [0.15, 0.2) is 5.82 Å². The molecule has 1 aromatic heterocycles. The zero-order valence-electron chi connectivity index (χ0n) is 11.7. The molecule has 0 amide bonds. The van der Waals surface area contributed by atoms with Gasteiger partial charge in [-0.2, -0.15) is 4.98 Å². The molecule has 0 saturated carbocycles. The predicted octanol–water partition coefficient (Wildman–Crippen LogP) is 1.61. The third kappa shape index (κ3) is 3.09. The summed E-state index contributed by atoms with van der Waals surface area (Å²) in [6.07, 6.45) is 0.852. The van der Waals surface area contributed by atoms with E-state index in [-0.39, 0.29) is 5.95 Å². The van der Waals surface area contributed by atoms with Crippen LogP contribution in [-0.4, -0.2) is 36.8 Å². The van der Waals surface area contributed by atoms with Crippen LogP contribution < -0.4 is 16.4 Å². The van der Waals surface area contributed by atoms with Crippen molar-refractivity contribution in [3.05, 3.63) is 5.69 Å². The van der Waals surface area contributed by atoms with E-state index >= 15 is 0 Å². The molecule has 0 aromatic carbocycles. The summed E-state index contributed by atoms with van der Waals surface area (Å²) in [4.78, 5) is 12.8. The van der Waals surface area contributed by atoms with Crippen molar-refractivity contribution >= 4 is 23.2 Å². The highest BCUT2D eigenvalue weighted by atomic mass is 15.1. The highest BCUT2D eigenvalue weighted by Gasteiger charge is 2.17. The second kappa shape index (κ2) is 6.18. The van der Waals surface area contributed by atoms with Crippen molar-refractivity contribution in [3.8, 4) is 0 Å². The molecule has 1 aromatic rings. The fourth-order valence-electron chi connectivity index (χ4n) is 1.79. The molecule has 0 fully saturated rings. The van der Waals surface area contributed by atoms with Gasteiger partial charge in [0.2, 0.25) is 5.95 Å². The second-order valence-corrected chi connectivity index (χ2v) is 4.42. The van der Waals surface area contributed by atoms with E-state index in [1.165, 1.54) is 0 Å². The van der Waals surface area contributed by atoms with Gasteiger partial charge in [0.25, 0.3) is 0 Å². The maximum absolute atomic E-state index is 5.74. The molecule has 0 bridgehead atoms. The van der Waals surface area contributed by atoms with Crippen molar-refractivity contribution < 1.29 is 0 Å². The van der Waals surface area contributed by atoms with Crippen molar-refractivity contribution in [3.63, 3.8) is 0 Å². The molecule has 1 rings (SSSR count). The molecule has 4 N–H and O–H groups in total. The zero-order valence-corrected chi connectivity index (χ0v) is 11.7. The molecule has 6 heteroatoms. The highest BCUT2D eigenvalue weighted by molar-refractivity contribution is 6.05. The summed E-state index contributed by atoms with van der Waals surface area (Å²) in [5, 5.41) is 6.12. The fraction of sp³-hybridized carbons (Fsp3) is 0.583. The zero-order chi connectivity index (χ0) is 13.7. The Hall–Kier alpha value is -1.85. The number of rotatable bonds is 5. The van der Waals surface area contributed by atoms with E-state index in [0.29, 0.717) is 11.7 Å². The molecule has 6 nitrogen and oxygen atoms in total. The van der Waals surface area contributed by atoms with E-state index in [4.69, 9.17) is 5.73 Å². The molecule has 0 radical (unpaired) electrons. The fourth-order valence-corrected chi connectivity index (χ4v) is 1.79. The summed E-state index contributed by atoms with van der Waals surface area (Å²) < 4.78 is 0. The van der Waals surface area contributed by atoms with Crippen molar-refractivity contribution in [2.75, 3.05) is 37.5 Å². The quantitative estimate of drug-likeness (QED) is 0.691. The summed E-state index contributed by atoms with van der Waals surface area (Å²) in [5.41, 5.74) is 8.26. The summed E-state index contributed by atoms with van der Waals surface area (Å²) in [7, 11) is 5.41. The Morgan fingerprint density at radius 2 is 1.94 bits per heavy atom. The van der Waals surface area contributed by atoms with Crippen LogP contribution in [0.2, 0.25) is 0 Å². The van der Waals surface area contributed by atoms with Crippen molar-refractivity contribution in [1.29, 1.82) is 0 Å². The van der Waals surface area contributed by atoms with Crippen molar-refractivity contribution in [2.24, 2.45) is 10.9 Å². The van der Waals surface area contributed by atoms with Crippen LogP contribution in [-0.2, 0) is 0 Å². The molecule has 0 aliphatic carbocycles. The minimum absolute atomic E-state index is 0.248. The predicted molar refractivity (Wildman–Crippen MR) is 77.5 cm³/mol. The van der Waals surface area contributed by atoms with Crippen LogP contribution in [0.1, 0.15) is 26.0 Å². The Bertz CT molecular complexity index is 438. The van der Waals surface area contributed by atoms with Crippen LogP contribution >= 0.6 is 0 Å². The SMILES string of the molecule is CN=C(CC(C)C)c1nc(N)nc(NC)c1NC. The van der Waals surface area contributed by atoms with Gasteiger partial charge >= 0.3 is 0 Å². The lowest BCUT2D eigenvalue weighted by Crippen LogP contribution is -2.15. The standard InChI is InChI=1S/C12H22N6/c1-7(2)6-8(14-3)9-10(15-4)11(16-5)18-12(13)17-9/h7,15H,6H2,1-5H3,(H3,13,16,17,18). The Labute approximate surface area is 108 Å². The Morgan fingerprint density at radius 1 is 1.28 bits per heavy atom. The van der Waals surface area contributed by atoms with E-state index in [9.17, 15) is 0 Å². The van der Waals surface area contributed by atoms with Gasteiger partial charge in [0, 0.05) is 21.1 Å². The number of aromatic nitrogens is 2. The molecule has 1 heterocycles. The summed E-state index contributed by atoms with van der Waals surface area (Å²) in [5.74, 6) is 1.44. The first-order valence-electron chi connectivity index (χ1n) is 6.02. The van der Waals surface area contributed by atoms with Gasteiger partial charge < -0.3 is 16.4 Å². The van der Waals surface area contributed by atoms with Gasteiger partial charge in [0.05, 0.1) is 5.71 Å². The molecule has 0 atom stereocenters. The van der Waals surface area contributed by atoms with E-state index < -0.39 is 0 Å². The van der Waals surface area contributed by atoms with Gasteiger partial charge in [-0.3, -0.25) is 4.99 Å². The van der Waals surface area contributed by atoms with Gasteiger partial charge in [-0.25, -0.2) is 4.98 Å². The number of nitrogens with two attached hydrogens (primary N) is 1. The Balaban J connectivity index is 3.32. The van der Waals surface area contributed by atoms with Crippen LogP contribution in [0.25, 0.3) is 0 Å². The number of nitrogens with one attached hydrogen (secondary N) is 2. The highest BCUT2D eigenvalue weighted by Crippen LogP contribution is 2.25. The maximum atomic E-state index is 5.74. The maximum Gasteiger partial charge on any atom is 0.222 e. The average Bonchev–Trinajstić information content (AvgIpc) is 2.34. The topological polar surface area (TPSA) is 88.2 Å². The van der Waals surface area contributed by atoms with Gasteiger partial charge in [-0.05, 0) is 12.3 Å². The van der Waals surface area contributed by atoms with E-state index in [2.05, 4.69) is 39.4 Å². The van der Waals surface area contributed by atoms with Crippen LogP contribution in [0.3, 0.4) is 0 Å². The van der Waals surface area contributed by atoms with E-state index in [0.717, 1.165) is 23.5 Å². The summed E-state index contributed by atoms with van der Waals surface area (Å²) in [6.45, 7) is 4.29. The first-order valence-corrected chi connectivity index (χ1v) is 6.02. The van der Waals surface area contributed by atoms with Crippen LogP contribution in [0.4, 0.5) is 17.5 Å². The van der Waals surface area contributed by atoms with Gasteiger partial charge in [-0.15, -0.1) is 0 Å². The van der Waals surface area contributed by atoms with Crippen LogP contribution in [0.15, 0.2) is 4.99 Å². The summed E-state index contributed by atoms with van der Waals surface area (Å²) >= 11 is 0. The molecular formula is C12H22N6. The lowest BCUT2D eigenvalue weighted by atomic mass is 10.0. The molecule has 0 spiro atoms. The van der Waals surface area contributed by atoms with E-state index in [1.54, 1.807) is 14.1 Å². The molecular weight excluding hydrogens is 228 g/mol. The van der Waals surface area contributed by atoms with Crippen molar-refractivity contribution in [2.45, 2.75) is 20.3 Å². The number of nitrogen functional groups attached to an aromatic ring is 1. The third-order valence-corrected chi connectivity index (χ3v) is 2.56. The van der Waals surface area contributed by atoms with Crippen LogP contribution in [0.5, 0.6) is 0 Å². The minimum Gasteiger partial charge on any atom is -0.383 e. The monoisotopic (exact) mass is 250 g/mol. The number of aliphatic imine (C=N–C) groups is 1. The largest absolute Gasteiger partial charge is 0.383 e. The Morgan fingerprint density at radius 3 is 2.39 bits per heavy atom. The number of hydrogen-bond donors (Lipinski definition) is 3.